The van der Waals surface area contributed by atoms with Gasteiger partial charge in [-0.3, -0.25) is 9.79 Å². The lowest BCUT2D eigenvalue weighted by atomic mass is 9.74. The van der Waals surface area contributed by atoms with E-state index in [-0.39, 0.29) is 29.9 Å². The molecule has 1 aliphatic carbocycles. The zero-order valence-electron chi connectivity index (χ0n) is 18.0. The maximum atomic E-state index is 11.8. The molecule has 2 aliphatic rings. The van der Waals surface area contributed by atoms with E-state index in [2.05, 4.69) is 26.6 Å². The van der Waals surface area contributed by atoms with Crippen LogP contribution in [0.15, 0.2) is 29.3 Å². The summed E-state index contributed by atoms with van der Waals surface area (Å²) in [6, 6.07) is 7.87. The van der Waals surface area contributed by atoms with Crippen LogP contribution in [-0.4, -0.2) is 50.5 Å². The Morgan fingerprint density at radius 2 is 1.86 bits per heavy atom. The van der Waals surface area contributed by atoms with Gasteiger partial charge in [-0.1, -0.05) is 37.8 Å². The minimum Gasteiger partial charge on any atom is -0.356 e. The summed E-state index contributed by atoms with van der Waals surface area (Å²) in [7, 11) is 3.56. The number of nitrogens with zero attached hydrogens (tertiary/aromatic N) is 2. The predicted molar refractivity (Wildman–Crippen MR) is 131 cm³/mol. The molecule has 29 heavy (non-hydrogen) atoms. The second-order valence-electron chi connectivity index (χ2n) is 8.44. The highest BCUT2D eigenvalue weighted by Crippen LogP contribution is 2.42. The summed E-state index contributed by atoms with van der Waals surface area (Å²) >= 11 is 0. The van der Waals surface area contributed by atoms with Crippen LogP contribution in [0.1, 0.15) is 67.3 Å². The maximum absolute atomic E-state index is 11.8. The van der Waals surface area contributed by atoms with Crippen molar-refractivity contribution in [1.29, 1.82) is 0 Å². The number of piperidine rings is 1. The van der Waals surface area contributed by atoms with Crippen molar-refractivity contribution in [3.63, 3.8) is 0 Å². The van der Waals surface area contributed by atoms with Gasteiger partial charge in [0.25, 0.3) is 5.91 Å². The van der Waals surface area contributed by atoms with Gasteiger partial charge in [0, 0.05) is 39.3 Å². The summed E-state index contributed by atoms with van der Waals surface area (Å²) in [6.45, 7) is 3.08. The summed E-state index contributed by atoms with van der Waals surface area (Å²) in [5, 5.41) is 6.25. The van der Waals surface area contributed by atoms with Crippen LogP contribution in [0.2, 0.25) is 0 Å². The summed E-state index contributed by atoms with van der Waals surface area (Å²) in [5.74, 6) is 0.999. The molecule has 6 heteroatoms. The molecule has 1 saturated carbocycles. The quantitative estimate of drug-likeness (QED) is 0.361. The first-order chi connectivity index (χ1) is 13.7. The van der Waals surface area contributed by atoms with E-state index in [1.807, 2.05) is 25.2 Å². The van der Waals surface area contributed by atoms with Gasteiger partial charge in [0.05, 0.1) is 0 Å². The van der Waals surface area contributed by atoms with Gasteiger partial charge in [-0.05, 0) is 55.2 Å². The standard InChI is InChI=1S/C23H36N4O.HI/c1-24-21(28)20-10-7-9-19(17-20)11-15-26-22(25-2)27-16-8-14-23(18-27)12-5-3-4-6-13-23;/h7,9-10,17H,3-6,8,11-16,18H2,1-2H3,(H,24,28)(H,25,26);1H. The number of likely N-dealkylation sites (tertiary alicyclic amines) is 1. The van der Waals surface area contributed by atoms with E-state index in [1.165, 1.54) is 56.9 Å². The van der Waals surface area contributed by atoms with E-state index in [1.54, 1.807) is 7.05 Å². The van der Waals surface area contributed by atoms with Crippen molar-refractivity contribution < 1.29 is 4.79 Å². The van der Waals surface area contributed by atoms with Gasteiger partial charge in [0.1, 0.15) is 0 Å². The van der Waals surface area contributed by atoms with Crippen molar-refractivity contribution >= 4 is 35.8 Å². The van der Waals surface area contributed by atoms with E-state index in [9.17, 15) is 4.79 Å². The molecule has 1 saturated heterocycles. The Labute approximate surface area is 193 Å². The lowest BCUT2D eigenvalue weighted by Crippen LogP contribution is -2.50. The number of aliphatic imine (C=N–C) groups is 1. The fraction of sp³-hybridized carbons (Fsp3) is 0.652. The van der Waals surface area contributed by atoms with Crippen molar-refractivity contribution in [3.05, 3.63) is 35.4 Å². The molecule has 0 bridgehead atoms. The molecular formula is C23H37IN4O. The van der Waals surface area contributed by atoms with Gasteiger partial charge in [0.15, 0.2) is 5.96 Å². The van der Waals surface area contributed by atoms with Crippen molar-refractivity contribution in [3.8, 4) is 0 Å². The normalized spacial score (nSPS) is 19.2. The number of hydrogen-bond acceptors (Lipinski definition) is 2. The molecule has 5 nitrogen and oxygen atoms in total. The number of hydrogen-bond donors (Lipinski definition) is 2. The number of rotatable bonds is 4. The average Bonchev–Trinajstić information content (AvgIpc) is 2.96. The van der Waals surface area contributed by atoms with Crippen LogP contribution in [0.25, 0.3) is 0 Å². The summed E-state index contributed by atoms with van der Waals surface area (Å²) < 4.78 is 0. The molecule has 162 valence electrons. The third kappa shape index (κ3) is 6.59. The molecule has 3 rings (SSSR count). The Morgan fingerprint density at radius 1 is 1.14 bits per heavy atom. The first-order valence-electron chi connectivity index (χ1n) is 10.9. The van der Waals surface area contributed by atoms with Crippen LogP contribution in [0.3, 0.4) is 0 Å². The number of guanidine groups is 1. The van der Waals surface area contributed by atoms with Crippen LogP contribution in [0, 0.1) is 5.41 Å². The predicted octanol–water partition coefficient (Wildman–Crippen LogP) is 4.22. The molecule has 1 spiro atoms. The first-order valence-corrected chi connectivity index (χ1v) is 10.9. The van der Waals surface area contributed by atoms with Gasteiger partial charge >= 0.3 is 0 Å². The second-order valence-corrected chi connectivity index (χ2v) is 8.44. The van der Waals surface area contributed by atoms with Gasteiger partial charge in [-0.25, -0.2) is 0 Å². The molecule has 0 atom stereocenters. The summed E-state index contributed by atoms with van der Waals surface area (Å²) in [6.07, 6.45) is 11.9. The lowest BCUT2D eigenvalue weighted by Gasteiger charge is -2.44. The maximum Gasteiger partial charge on any atom is 0.251 e. The molecule has 0 radical (unpaired) electrons. The van der Waals surface area contributed by atoms with Crippen molar-refractivity contribution in [2.24, 2.45) is 10.4 Å². The Hall–Kier alpha value is -1.31. The highest BCUT2D eigenvalue weighted by Gasteiger charge is 2.36. The molecule has 2 fully saturated rings. The highest BCUT2D eigenvalue weighted by molar-refractivity contribution is 14.0. The van der Waals surface area contributed by atoms with Crippen LogP contribution >= 0.6 is 24.0 Å². The Morgan fingerprint density at radius 3 is 2.55 bits per heavy atom. The monoisotopic (exact) mass is 512 g/mol. The largest absolute Gasteiger partial charge is 0.356 e. The van der Waals surface area contributed by atoms with Crippen molar-refractivity contribution in [1.82, 2.24) is 15.5 Å². The minimum absolute atomic E-state index is 0. The molecule has 0 unspecified atom stereocenters. The summed E-state index contributed by atoms with van der Waals surface area (Å²) in [4.78, 5) is 18.9. The SMILES string of the molecule is CN=C(NCCc1cccc(C(=O)NC)c1)N1CCCC2(CCCCCC2)C1.I. The van der Waals surface area contributed by atoms with Crippen LogP contribution in [0.4, 0.5) is 0 Å². The van der Waals surface area contributed by atoms with Gasteiger partial charge in [-0.15, -0.1) is 24.0 Å². The van der Waals surface area contributed by atoms with Crippen molar-refractivity contribution in [2.45, 2.75) is 57.8 Å². The van der Waals surface area contributed by atoms with Crippen molar-refractivity contribution in [2.75, 3.05) is 33.7 Å². The van der Waals surface area contributed by atoms with E-state index in [0.29, 0.717) is 5.41 Å². The van der Waals surface area contributed by atoms with Gasteiger partial charge < -0.3 is 15.5 Å². The zero-order chi connectivity index (χ0) is 19.8. The highest BCUT2D eigenvalue weighted by atomic mass is 127. The smallest absolute Gasteiger partial charge is 0.251 e. The Kier molecular flexibility index (Phi) is 9.72. The van der Waals surface area contributed by atoms with E-state index >= 15 is 0 Å². The topological polar surface area (TPSA) is 56.7 Å². The Balaban J connectivity index is 0.00000300. The number of halogens is 1. The molecule has 1 aliphatic heterocycles. The number of carbonyl (C=O) groups excluding carboxylic acids is 1. The third-order valence-corrected chi connectivity index (χ3v) is 6.45. The molecule has 2 N–H and O–H groups in total. The van der Waals surface area contributed by atoms with Gasteiger partial charge in [-0.2, -0.15) is 0 Å². The molecule has 1 aromatic carbocycles. The van der Waals surface area contributed by atoms with E-state index in [4.69, 9.17) is 0 Å². The first kappa shape index (κ1) is 24.0. The third-order valence-electron chi connectivity index (χ3n) is 6.45. The second kappa shape index (κ2) is 11.8. The van der Waals surface area contributed by atoms with Crippen LogP contribution < -0.4 is 10.6 Å². The van der Waals surface area contributed by atoms with E-state index in [0.717, 1.165) is 37.6 Å². The van der Waals surface area contributed by atoms with E-state index < -0.39 is 0 Å². The minimum atomic E-state index is -0.0346. The fourth-order valence-electron chi connectivity index (χ4n) is 4.94. The van der Waals surface area contributed by atoms with Crippen LogP contribution in [0.5, 0.6) is 0 Å². The Bertz CT molecular complexity index is 683. The lowest BCUT2D eigenvalue weighted by molar-refractivity contribution is 0.0963. The molecule has 1 heterocycles. The molecular weight excluding hydrogens is 475 g/mol. The fourth-order valence-corrected chi connectivity index (χ4v) is 4.94. The average molecular weight is 512 g/mol. The molecule has 1 amide bonds. The molecule has 1 aromatic rings. The number of benzene rings is 1. The molecule has 0 aromatic heterocycles. The number of carbonyl (C=O) groups is 1. The zero-order valence-corrected chi connectivity index (χ0v) is 20.3. The van der Waals surface area contributed by atoms with Crippen LogP contribution in [-0.2, 0) is 6.42 Å². The number of nitrogens with one attached hydrogen (secondary N) is 2. The summed E-state index contributed by atoms with van der Waals surface area (Å²) in [5.41, 5.74) is 2.40. The number of amides is 1. The van der Waals surface area contributed by atoms with Gasteiger partial charge in [0.2, 0.25) is 0 Å².